The Hall–Kier alpha value is -1.02. The summed E-state index contributed by atoms with van der Waals surface area (Å²) >= 11 is 0. The van der Waals surface area contributed by atoms with Crippen LogP contribution in [-0.2, 0) is 0 Å². The smallest absolute Gasteiger partial charge is 0.115 e. The first-order valence-electron chi connectivity index (χ1n) is 4.08. The van der Waals surface area contributed by atoms with Crippen LogP contribution in [0.1, 0.15) is 25.5 Å². The van der Waals surface area contributed by atoms with E-state index < -0.39 is 6.10 Å². The number of hydrogen-bond acceptors (Lipinski definition) is 2. The van der Waals surface area contributed by atoms with E-state index in [9.17, 15) is 5.11 Å². The summed E-state index contributed by atoms with van der Waals surface area (Å²) in [5.41, 5.74) is 0.850. The van der Waals surface area contributed by atoms with E-state index in [4.69, 9.17) is 5.11 Å². The van der Waals surface area contributed by atoms with Gasteiger partial charge in [-0.1, -0.05) is 26.0 Å². The predicted molar refractivity (Wildman–Crippen MR) is 47.9 cm³/mol. The van der Waals surface area contributed by atoms with Gasteiger partial charge < -0.3 is 10.2 Å². The number of aromatic hydroxyl groups is 1. The fraction of sp³-hybridized carbons (Fsp3) is 0.400. The molecule has 0 spiro atoms. The number of aliphatic hydroxyl groups is 1. The fourth-order valence-corrected chi connectivity index (χ4v) is 1.06. The average Bonchev–Trinajstić information content (AvgIpc) is 2.04. The lowest BCUT2D eigenvalue weighted by Crippen LogP contribution is -2.04. The summed E-state index contributed by atoms with van der Waals surface area (Å²) in [6, 6.07) is 6.64. The third-order valence-corrected chi connectivity index (χ3v) is 1.87. The lowest BCUT2D eigenvalue weighted by atomic mass is 9.99. The van der Waals surface area contributed by atoms with E-state index in [2.05, 4.69) is 0 Å². The van der Waals surface area contributed by atoms with Crippen molar-refractivity contribution in [3.8, 4) is 5.75 Å². The van der Waals surface area contributed by atoms with Crippen molar-refractivity contribution in [2.75, 3.05) is 0 Å². The monoisotopic (exact) mass is 166 g/mol. The molecule has 66 valence electrons. The normalized spacial score (nSPS) is 13.3. The molecule has 0 bridgehead atoms. The van der Waals surface area contributed by atoms with E-state index in [0.717, 1.165) is 5.56 Å². The van der Waals surface area contributed by atoms with Gasteiger partial charge in [-0.2, -0.15) is 0 Å². The summed E-state index contributed by atoms with van der Waals surface area (Å²) in [4.78, 5) is 0. The van der Waals surface area contributed by atoms with Crippen LogP contribution in [0.2, 0.25) is 0 Å². The summed E-state index contributed by atoms with van der Waals surface area (Å²) in [5.74, 6) is 0.434. The lowest BCUT2D eigenvalue weighted by molar-refractivity contribution is 0.127. The highest BCUT2D eigenvalue weighted by Gasteiger charge is 2.10. The Kier molecular flexibility index (Phi) is 2.71. The highest BCUT2D eigenvalue weighted by molar-refractivity contribution is 5.27. The van der Waals surface area contributed by atoms with Crippen molar-refractivity contribution in [3.05, 3.63) is 29.8 Å². The van der Waals surface area contributed by atoms with Gasteiger partial charge in [-0.25, -0.2) is 0 Å². The van der Waals surface area contributed by atoms with Gasteiger partial charge in [0, 0.05) is 0 Å². The Labute approximate surface area is 72.5 Å². The molecular formula is C10H14O2. The first kappa shape index (κ1) is 9.07. The van der Waals surface area contributed by atoms with Gasteiger partial charge in [0.05, 0.1) is 6.10 Å². The second-order valence-electron chi connectivity index (χ2n) is 3.28. The van der Waals surface area contributed by atoms with E-state index in [1.165, 1.54) is 0 Å². The summed E-state index contributed by atoms with van der Waals surface area (Å²) < 4.78 is 0. The molecule has 2 nitrogen and oxygen atoms in total. The second-order valence-corrected chi connectivity index (χ2v) is 3.28. The molecule has 0 fully saturated rings. The van der Waals surface area contributed by atoms with Gasteiger partial charge >= 0.3 is 0 Å². The number of benzene rings is 1. The van der Waals surface area contributed by atoms with Gasteiger partial charge in [0.1, 0.15) is 5.75 Å². The van der Waals surface area contributed by atoms with Gasteiger partial charge in [-0.05, 0) is 23.6 Å². The van der Waals surface area contributed by atoms with Crippen molar-refractivity contribution in [1.29, 1.82) is 0 Å². The van der Waals surface area contributed by atoms with Gasteiger partial charge in [-0.15, -0.1) is 0 Å². The maximum absolute atomic E-state index is 9.61. The van der Waals surface area contributed by atoms with Crippen molar-refractivity contribution in [3.63, 3.8) is 0 Å². The Morgan fingerprint density at radius 2 is 1.58 bits per heavy atom. The van der Waals surface area contributed by atoms with Crippen LogP contribution in [0.5, 0.6) is 5.75 Å². The molecule has 2 heteroatoms. The molecule has 1 atom stereocenters. The zero-order chi connectivity index (χ0) is 9.14. The molecule has 1 aromatic carbocycles. The van der Waals surface area contributed by atoms with E-state index in [-0.39, 0.29) is 11.7 Å². The van der Waals surface area contributed by atoms with Crippen LogP contribution in [0.25, 0.3) is 0 Å². The predicted octanol–water partition coefficient (Wildman–Crippen LogP) is 2.08. The topological polar surface area (TPSA) is 40.5 Å². The van der Waals surface area contributed by atoms with E-state index >= 15 is 0 Å². The van der Waals surface area contributed by atoms with Crippen LogP contribution in [0.4, 0.5) is 0 Å². The van der Waals surface area contributed by atoms with Crippen LogP contribution in [0, 0.1) is 5.92 Å². The number of rotatable bonds is 2. The van der Waals surface area contributed by atoms with Crippen molar-refractivity contribution < 1.29 is 10.2 Å². The minimum absolute atomic E-state index is 0.203. The molecule has 0 amide bonds. The first-order chi connectivity index (χ1) is 5.61. The van der Waals surface area contributed by atoms with Gasteiger partial charge in [0.25, 0.3) is 0 Å². The number of phenolic OH excluding ortho intramolecular Hbond substituents is 1. The second kappa shape index (κ2) is 3.59. The molecule has 0 saturated heterocycles. The molecule has 0 saturated carbocycles. The minimum atomic E-state index is -0.439. The zero-order valence-corrected chi connectivity index (χ0v) is 7.36. The Morgan fingerprint density at radius 1 is 1.08 bits per heavy atom. The molecule has 0 unspecified atom stereocenters. The van der Waals surface area contributed by atoms with Gasteiger partial charge in [-0.3, -0.25) is 0 Å². The third-order valence-electron chi connectivity index (χ3n) is 1.87. The molecule has 12 heavy (non-hydrogen) atoms. The molecule has 0 heterocycles. The van der Waals surface area contributed by atoms with Gasteiger partial charge in [0.15, 0.2) is 0 Å². The number of hydrogen-bond donors (Lipinski definition) is 2. The molecule has 2 N–H and O–H groups in total. The highest BCUT2D eigenvalue weighted by Crippen LogP contribution is 2.22. The van der Waals surface area contributed by atoms with Crippen LogP contribution in [0.15, 0.2) is 24.3 Å². The fourth-order valence-electron chi connectivity index (χ4n) is 1.06. The Morgan fingerprint density at radius 3 is 2.00 bits per heavy atom. The highest BCUT2D eigenvalue weighted by atomic mass is 16.3. The van der Waals surface area contributed by atoms with E-state index in [1.807, 2.05) is 13.8 Å². The Bertz CT molecular complexity index is 239. The molecule has 0 aliphatic rings. The van der Waals surface area contributed by atoms with Crippen LogP contribution in [0.3, 0.4) is 0 Å². The summed E-state index contributed by atoms with van der Waals surface area (Å²) in [6.07, 6.45) is -0.439. The zero-order valence-electron chi connectivity index (χ0n) is 7.36. The first-order valence-corrected chi connectivity index (χ1v) is 4.08. The largest absolute Gasteiger partial charge is 0.508 e. The molecule has 1 aromatic rings. The van der Waals surface area contributed by atoms with Crippen molar-refractivity contribution >= 4 is 0 Å². The van der Waals surface area contributed by atoms with Gasteiger partial charge in [0.2, 0.25) is 0 Å². The maximum atomic E-state index is 9.61. The van der Waals surface area contributed by atoms with Crippen LogP contribution < -0.4 is 0 Å². The maximum Gasteiger partial charge on any atom is 0.115 e. The van der Waals surface area contributed by atoms with Crippen molar-refractivity contribution in [1.82, 2.24) is 0 Å². The molecule has 1 rings (SSSR count). The number of phenols is 1. The van der Waals surface area contributed by atoms with Crippen LogP contribution >= 0.6 is 0 Å². The molecular weight excluding hydrogens is 152 g/mol. The molecule has 0 radical (unpaired) electrons. The van der Waals surface area contributed by atoms with E-state index in [1.54, 1.807) is 24.3 Å². The average molecular weight is 166 g/mol. The number of aliphatic hydroxyl groups excluding tert-OH is 1. The quantitative estimate of drug-likeness (QED) is 0.706. The molecule has 0 aliphatic heterocycles. The molecule has 0 aliphatic carbocycles. The lowest BCUT2D eigenvalue weighted by Gasteiger charge is -2.14. The van der Waals surface area contributed by atoms with Crippen LogP contribution in [-0.4, -0.2) is 10.2 Å². The summed E-state index contributed by atoms with van der Waals surface area (Å²) in [7, 11) is 0. The SMILES string of the molecule is CC(C)[C@H](O)c1ccc(O)cc1. The van der Waals surface area contributed by atoms with Crippen molar-refractivity contribution in [2.45, 2.75) is 20.0 Å². The summed E-state index contributed by atoms with van der Waals surface area (Å²) in [6.45, 7) is 3.91. The summed E-state index contributed by atoms with van der Waals surface area (Å²) in [5, 5.41) is 18.6. The Balaban J connectivity index is 2.82. The third kappa shape index (κ3) is 1.98. The standard InChI is InChI=1S/C10H14O2/c1-7(2)10(12)8-3-5-9(11)6-4-8/h3-7,10-12H,1-2H3/t10-/m0/s1. The molecule has 0 aromatic heterocycles. The van der Waals surface area contributed by atoms with Crippen molar-refractivity contribution in [2.24, 2.45) is 5.92 Å². The minimum Gasteiger partial charge on any atom is -0.508 e. The van der Waals surface area contributed by atoms with E-state index in [0.29, 0.717) is 0 Å².